The number of H-pyrrole nitrogens is 1. The van der Waals surface area contributed by atoms with Gasteiger partial charge < -0.3 is 20.3 Å². The molecule has 1 unspecified atom stereocenters. The fourth-order valence-corrected chi connectivity index (χ4v) is 5.15. The molecule has 0 aromatic carbocycles. The molecule has 26 heavy (non-hydrogen) atoms. The predicted molar refractivity (Wildman–Crippen MR) is 82.6 cm³/mol. The van der Waals surface area contributed by atoms with Crippen LogP contribution < -0.4 is 11.3 Å². The lowest BCUT2D eigenvalue weighted by Gasteiger charge is -2.29. The lowest BCUT2D eigenvalue weighted by atomic mass is 10.2. The SMILES string of the molecule is Nc1nc2c(ncn2[C@H]2C[C@@H]3OP(=O)(OP(=O)(O)O)OC[C@H]3O2)c(=O)[nH]1. The van der Waals surface area contributed by atoms with Gasteiger partial charge in [-0.1, -0.05) is 0 Å². The Bertz CT molecular complexity index is 1010. The van der Waals surface area contributed by atoms with Gasteiger partial charge in [0.1, 0.15) is 18.4 Å². The van der Waals surface area contributed by atoms with Crippen molar-refractivity contribution in [2.75, 3.05) is 12.3 Å². The molecule has 4 heterocycles. The zero-order valence-electron chi connectivity index (χ0n) is 12.8. The smallest absolute Gasteiger partial charge is 0.369 e. The van der Waals surface area contributed by atoms with Crippen molar-refractivity contribution in [1.82, 2.24) is 19.5 Å². The van der Waals surface area contributed by atoms with Gasteiger partial charge in [0.25, 0.3) is 5.56 Å². The van der Waals surface area contributed by atoms with E-state index >= 15 is 0 Å². The van der Waals surface area contributed by atoms with Crippen molar-refractivity contribution in [2.24, 2.45) is 0 Å². The van der Waals surface area contributed by atoms with Crippen molar-refractivity contribution in [2.45, 2.75) is 24.9 Å². The van der Waals surface area contributed by atoms with Gasteiger partial charge in [-0.05, 0) is 0 Å². The summed E-state index contributed by atoms with van der Waals surface area (Å²) in [7, 11) is -9.50. The minimum Gasteiger partial charge on any atom is -0.369 e. The lowest BCUT2D eigenvalue weighted by molar-refractivity contribution is -0.0658. The quantitative estimate of drug-likeness (QED) is 0.480. The third-order valence-electron chi connectivity index (χ3n) is 3.81. The number of rotatable bonds is 3. The fraction of sp³-hybridized carbons (Fsp3) is 0.500. The molecule has 2 aliphatic rings. The average Bonchev–Trinajstić information content (AvgIpc) is 3.07. The van der Waals surface area contributed by atoms with E-state index in [2.05, 4.69) is 19.3 Å². The third-order valence-corrected chi connectivity index (χ3v) is 6.45. The molecule has 2 aliphatic heterocycles. The molecule has 14 nitrogen and oxygen atoms in total. The number of anilines is 1. The number of nitrogens with one attached hydrogen (secondary N) is 1. The van der Waals surface area contributed by atoms with Gasteiger partial charge in [-0.15, -0.1) is 0 Å². The monoisotopic (exact) mass is 409 g/mol. The van der Waals surface area contributed by atoms with E-state index in [-0.39, 0.29) is 30.1 Å². The highest BCUT2D eigenvalue weighted by atomic mass is 31.3. The van der Waals surface area contributed by atoms with E-state index in [0.717, 1.165) is 0 Å². The van der Waals surface area contributed by atoms with E-state index in [1.54, 1.807) is 0 Å². The molecule has 0 bridgehead atoms. The van der Waals surface area contributed by atoms with E-state index in [9.17, 15) is 13.9 Å². The number of aromatic amines is 1. The van der Waals surface area contributed by atoms with Crippen LogP contribution in [0.25, 0.3) is 11.2 Å². The summed E-state index contributed by atoms with van der Waals surface area (Å²) in [5, 5.41) is 0. The molecule has 0 aliphatic carbocycles. The third kappa shape index (κ3) is 3.21. The summed E-state index contributed by atoms with van der Waals surface area (Å²) < 4.78 is 44.3. The molecule has 0 amide bonds. The van der Waals surface area contributed by atoms with Gasteiger partial charge in [-0.3, -0.25) is 23.4 Å². The summed E-state index contributed by atoms with van der Waals surface area (Å²) >= 11 is 0. The normalized spacial score (nSPS) is 32.0. The van der Waals surface area contributed by atoms with Crippen LogP contribution in [0.2, 0.25) is 0 Å². The van der Waals surface area contributed by atoms with Crippen molar-refractivity contribution in [1.29, 1.82) is 0 Å². The second kappa shape index (κ2) is 5.94. The Morgan fingerprint density at radius 3 is 2.96 bits per heavy atom. The number of nitrogens with zero attached hydrogens (tertiary/aromatic N) is 3. The standard InChI is InChI=1S/C10H13N5O9P2/c11-10-13-8-7(9(16)14-10)12-3-15(8)6-1-4-5(22-6)2-21-26(20,23-4)24-25(17,18)19/h3-6H,1-2H2,(H2,17,18,19)(H3,11,13,14,16)/t4-,5+,6+,26?/m0/s1. The van der Waals surface area contributed by atoms with E-state index < -0.39 is 39.6 Å². The summed E-state index contributed by atoms with van der Waals surface area (Å²) in [6.07, 6.45) is -0.723. The molecular formula is C10H13N5O9P2. The van der Waals surface area contributed by atoms with Crippen molar-refractivity contribution in [3.05, 3.63) is 16.7 Å². The van der Waals surface area contributed by atoms with Crippen molar-refractivity contribution in [3.8, 4) is 0 Å². The summed E-state index contributed by atoms with van der Waals surface area (Å²) in [4.78, 5) is 39.8. The molecule has 2 fully saturated rings. The summed E-state index contributed by atoms with van der Waals surface area (Å²) in [5.74, 6) is -0.0983. The van der Waals surface area contributed by atoms with Crippen LogP contribution in [-0.2, 0) is 27.2 Å². The van der Waals surface area contributed by atoms with Crippen LogP contribution in [-0.4, -0.2) is 48.1 Å². The number of nitrogen functional groups attached to an aromatic ring is 1. The number of aromatic nitrogens is 4. The molecule has 4 atom stereocenters. The van der Waals surface area contributed by atoms with Crippen molar-refractivity contribution >= 4 is 32.8 Å². The molecule has 0 spiro atoms. The van der Waals surface area contributed by atoms with Crippen LogP contribution in [0.3, 0.4) is 0 Å². The Hall–Kier alpha value is -1.63. The number of hydrogen-bond donors (Lipinski definition) is 4. The minimum absolute atomic E-state index is 0.0605. The van der Waals surface area contributed by atoms with Crippen molar-refractivity contribution in [3.63, 3.8) is 0 Å². The number of hydrogen-bond acceptors (Lipinski definition) is 10. The molecule has 2 aromatic heterocycles. The molecule has 0 saturated carbocycles. The van der Waals surface area contributed by atoms with Gasteiger partial charge in [-0.25, -0.2) is 14.1 Å². The number of fused-ring (bicyclic) bond motifs is 2. The topological polar surface area (TPSA) is 201 Å². The summed E-state index contributed by atoms with van der Waals surface area (Å²) in [5.41, 5.74) is 5.28. The van der Waals surface area contributed by atoms with E-state index in [4.69, 9.17) is 29.3 Å². The molecule has 2 aromatic rings. The molecule has 0 radical (unpaired) electrons. The first-order valence-corrected chi connectivity index (χ1v) is 10.2. The van der Waals surface area contributed by atoms with Gasteiger partial charge in [0.05, 0.1) is 12.9 Å². The predicted octanol–water partition coefficient (Wildman–Crippen LogP) is -0.378. The van der Waals surface area contributed by atoms with Gasteiger partial charge in [0, 0.05) is 6.42 Å². The number of phosphoric ester groups is 1. The highest BCUT2D eigenvalue weighted by Gasteiger charge is 2.50. The molecule has 16 heteroatoms. The molecule has 4 rings (SSSR count). The Balaban J connectivity index is 1.59. The Kier molecular flexibility index (Phi) is 4.06. The maximum Gasteiger partial charge on any atom is 0.484 e. The number of phosphoric acid groups is 2. The highest BCUT2D eigenvalue weighted by Crippen LogP contribution is 2.64. The second-order valence-corrected chi connectivity index (χ2v) is 8.60. The van der Waals surface area contributed by atoms with Crippen LogP contribution >= 0.6 is 15.6 Å². The Labute approximate surface area is 144 Å². The Morgan fingerprint density at radius 2 is 2.23 bits per heavy atom. The van der Waals surface area contributed by atoms with Crippen LogP contribution in [0.4, 0.5) is 5.95 Å². The van der Waals surface area contributed by atoms with Gasteiger partial charge >= 0.3 is 15.6 Å². The first kappa shape index (κ1) is 17.8. The van der Waals surface area contributed by atoms with Crippen LogP contribution in [0.5, 0.6) is 0 Å². The zero-order valence-corrected chi connectivity index (χ0v) is 14.6. The van der Waals surface area contributed by atoms with Crippen LogP contribution in [0.15, 0.2) is 11.1 Å². The van der Waals surface area contributed by atoms with Gasteiger partial charge in [-0.2, -0.15) is 9.29 Å². The van der Waals surface area contributed by atoms with E-state index in [1.807, 2.05) is 0 Å². The summed E-state index contributed by atoms with van der Waals surface area (Å²) in [6.45, 7) is -0.263. The molecule has 142 valence electrons. The largest absolute Gasteiger partial charge is 0.484 e. The number of imidazole rings is 1. The zero-order chi connectivity index (χ0) is 18.7. The lowest BCUT2D eigenvalue weighted by Crippen LogP contribution is -2.33. The summed E-state index contributed by atoms with van der Waals surface area (Å²) in [6, 6.07) is 0. The minimum atomic E-state index is -5.07. The van der Waals surface area contributed by atoms with Crippen LogP contribution in [0, 0.1) is 0 Å². The molecule has 5 N–H and O–H groups in total. The molecular weight excluding hydrogens is 396 g/mol. The molecule has 2 saturated heterocycles. The van der Waals surface area contributed by atoms with Gasteiger partial charge in [0.15, 0.2) is 11.2 Å². The first-order valence-electron chi connectivity index (χ1n) is 7.21. The number of nitrogens with two attached hydrogens (primary N) is 1. The second-order valence-electron chi connectivity index (χ2n) is 5.60. The maximum atomic E-state index is 12.2. The van der Waals surface area contributed by atoms with E-state index in [0.29, 0.717) is 0 Å². The van der Waals surface area contributed by atoms with Gasteiger partial charge in [0.2, 0.25) is 5.95 Å². The van der Waals surface area contributed by atoms with Crippen molar-refractivity contribution < 1.29 is 37.0 Å². The Morgan fingerprint density at radius 1 is 1.46 bits per heavy atom. The fourth-order valence-electron chi connectivity index (χ4n) is 2.82. The van der Waals surface area contributed by atoms with E-state index in [1.165, 1.54) is 10.9 Å². The number of ether oxygens (including phenoxy) is 1. The maximum absolute atomic E-state index is 12.2. The average molecular weight is 409 g/mol. The van der Waals surface area contributed by atoms with Crippen LogP contribution in [0.1, 0.15) is 12.6 Å². The highest BCUT2D eigenvalue weighted by molar-refractivity contribution is 7.61. The first-order chi connectivity index (χ1) is 12.1.